The molecule has 3 rings (SSSR count). The van der Waals surface area contributed by atoms with Crippen molar-refractivity contribution < 1.29 is 14.4 Å². The molecule has 24 heavy (non-hydrogen) atoms. The number of nitrogens with zero attached hydrogens (tertiary/aromatic N) is 2. The Morgan fingerprint density at radius 1 is 1.21 bits per heavy atom. The number of hydrogen-bond donors (Lipinski definition) is 1. The first-order valence-electron chi connectivity index (χ1n) is 6.89. The van der Waals surface area contributed by atoms with Crippen LogP contribution in [0.25, 0.3) is 0 Å². The van der Waals surface area contributed by atoms with Crippen molar-refractivity contribution in [3.05, 3.63) is 44.4 Å². The van der Waals surface area contributed by atoms with Gasteiger partial charge in [-0.15, -0.1) is 11.3 Å². The van der Waals surface area contributed by atoms with Gasteiger partial charge in [0.15, 0.2) is 5.13 Å². The molecule has 0 saturated heterocycles. The predicted molar refractivity (Wildman–Crippen MR) is 91.9 cm³/mol. The second kappa shape index (κ2) is 6.16. The van der Waals surface area contributed by atoms with E-state index in [0.717, 1.165) is 10.6 Å². The molecule has 1 aromatic carbocycles. The monoisotopic (exact) mass is 383 g/mol. The van der Waals surface area contributed by atoms with Crippen LogP contribution in [0, 0.1) is 6.92 Å². The van der Waals surface area contributed by atoms with Gasteiger partial charge in [0.1, 0.15) is 6.04 Å². The molecule has 124 valence electrons. The van der Waals surface area contributed by atoms with Crippen molar-refractivity contribution >= 4 is 57.4 Å². The van der Waals surface area contributed by atoms with Gasteiger partial charge in [0.25, 0.3) is 11.8 Å². The summed E-state index contributed by atoms with van der Waals surface area (Å²) < 4.78 is 0. The molecule has 2 heterocycles. The molecule has 1 aromatic heterocycles. The zero-order valence-corrected chi connectivity index (χ0v) is 14.9. The maximum absolute atomic E-state index is 12.5. The van der Waals surface area contributed by atoms with Crippen LogP contribution in [0.2, 0.25) is 10.0 Å². The highest BCUT2D eigenvalue weighted by molar-refractivity contribution is 7.13. The highest BCUT2D eigenvalue weighted by atomic mass is 35.5. The average molecular weight is 384 g/mol. The number of carbonyl (C=O) groups is 3. The molecule has 0 radical (unpaired) electrons. The topological polar surface area (TPSA) is 79.4 Å². The van der Waals surface area contributed by atoms with Crippen molar-refractivity contribution in [1.29, 1.82) is 0 Å². The van der Waals surface area contributed by atoms with Gasteiger partial charge >= 0.3 is 0 Å². The molecule has 3 amide bonds. The van der Waals surface area contributed by atoms with E-state index in [0.29, 0.717) is 5.13 Å². The standard InChI is InChI=1S/C15H11Cl2N3O3S/c1-6-5-24-15(18-6)19-12(21)7(2)20-13(22)8-3-10(16)11(17)4-9(8)14(20)23/h3-5,7H,1-2H3,(H,18,19,21). The number of nitrogens with one attached hydrogen (secondary N) is 1. The van der Waals surface area contributed by atoms with E-state index in [1.165, 1.54) is 30.4 Å². The lowest BCUT2D eigenvalue weighted by Gasteiger charge is -2.21. The molecule has 9 heteroatoms. The molecule has 0 saturated carbocycles. The molecule has 0 bridgehead atoms. The number of benzene rings is 1. The second-order valence-electron chi connectivity index (χ2n) is 5.25. The molecule has 1 aliphatic heterocycles. The van der Waals surface area contributed by atoms with E-state index in [2.05, 4.69) is 10.3 Å². The van der Waals surface area contributed by atoms with Crippen LogP contribution in [0.3, 0.4) is 0 Å². The Bertz CT molecular complexity index is 840. The molecule has 1 atom stereocenters. The van der Waals surface area contributed by atoms with Gasteiger partial charge in [-0.1, -0.05) is 23.2 Å². The predicted octanol–water partition coefficient (Wildman–Crippen LogP) is 3.38. The molecular weight excluding hydrogens is 373 g/mol. The maximum Gasteiger partial charge on any atom is 0.262 e. The minimum Gasteiger partial charge on any atom is -0.300 e. The Kier molecular flexibility index (Phi) is 4.33. The van der Waals surface area contributed by atoms with Gasteiger partial charge in [-0.2, -0.15) is 0 Å². The van der Waals surface area contributed by atoms with E-state index in [9.17, 15) is 14.4 Å². The lowest BCUT2D eigenvalue weighted by molar-refractivity contribution is -0.119. The van der Waals surface area contributed by atoms with Crippen LogP contribution in [0.5, 0.6) is 0 Å². The third kappa shape index (κ3) is 2.79. The fourth-order valence-electron chi connectivity index (χ4n) is 2.34. The van der Waals surface area contributed by atoms with Gasteiger partial charge < -0.3 is 5.32 Å². The van der Waals surface area contributed by atoms with Gasteiger partial charge in [-0.3, -0.25) is 19.3 Å². The number of anilines is 1. The molecule has 1 aliphatic rings. The minimum absolute atomic E-state index is 0.138. The van der Waals surface area contributed by atoms with Crippen molar-refractivity contribution in [2.45, 2.75) is 19.9 Å². The highest BCUT2D eigenvalue weighted by Crippen LogP contribution is 2.32. The Balaban J connectivity index is 1.85. The van der Waals surface area contributed by atoms with Crippen LogP contribution in [0.15, 0.2) is 17.5 Å². The van der Waals surface area contributed by atoms with Crippen LogP contribution in [-0.2, 0) is 4.79 Å². The number of thiazole rings is 1. The molecule has 1 N–H and O–H groups in total. The molecule has 6 nitrogen and oxygen atoms in total. The van der Waals surface area contributed by atoms with Crippen LogP contribution < -0.4 is 5.32 Å². The summed E-state index contributed by atoms with van der Waals surface area (Å²) >= 11 is 13.1. The highest BCUT2D eigenvalue weighted by Gasteiger charge is 2.41. The first-order valence-corrected chi connectivity index (χ1v) is 8.53. The molecule has 1 unspecified atom stereocenters. The summed E-state index contributed by atoms with van der Waals surface area (Å²) in [5, 5.41) is 5.14. The van der Waals surface area contributed by atoms with Gasteiger partial charge in [0.2, 0.25) is 5.91 Å². The fraction of sp³-hybridized carbons (Fsp3) is 0.200. The normalized spacial score (nSPS) is 14.8. The average Bonchev–Trinajstić information content (AvgIpc) is 3.03. The number of amides is 3. The number of aryl methyl sites for hydroxylation is 1. The fourth-order valence-corrected chi connectivity index (χ4v) is 3.36. The Morgan fingerprint density at radius 3 is 2.21 bits per heavy atom. The largest absolute Gasteiger partial charge is 0.300 e. The maximum atomic E-state index is 12.5. The van der Waals surface area contributed by atoms with Crippen molar-refractivity contribution in [3.8, 4) is 0 Å². The lowest BCUT2D eigenvalue weighted by Crippen LogP contribution is -2.45. The Morgan fingerprint density at radius 2 is 1.75 bits per heavy atom. The van der Waals surface area contributed by atoms with Crippen LogP contribution >= 0.6 is 34.5 Å². The van der Waals surface area contributed by atoms with Crippen molar-refractivity contribution in [2.24, 2.45) is 0 Å². The van der Waals surface area contributed by atoms with Gasteiger partial charge in [-0.25, -0.2) is 4.98 Å². The molecule has 0 fully saturated rings. The van der Waals surface area contributed by atoms with Gasteiger partial charge in [0, 0.05) is 5.38 Å². The number of rotatable bonds is 3. The number of fused-ring (bicyclic) bond motifs is 1. The summed E-state index contributed by atoms with van der Waals surface area (Å²) in [4.78, 5) is 42.3. The molecule has 0 aliphatic carbocycles. The third-order valence-corrected chi connectivity index (χ3v) is 5.17. The number of aromatic nitrogens is 1. The Hall–Kier alpha value is -1.96. The summed E-state index contributed by atoms with van der Waals surface area (Å²) in [6.45, 7) is 3.27. The molecular formula is C15H11Cl2N3O3S. The SMILES string of the molecule is Cc1csc(NC(=O)C(C)N2C(=O)c3cc(Cl)c(Cl)cc3C2=O)n1. The van der Waals surface area contributed by atoms with E-state index in [1.807, 2.05) is 0 Å². The Labute approximate surface area is 151 Å². The number of hydrogen-bond acceptors (Lipinski definition) is 5. The lowest BCUT2D eigenvalue weighted by atomic mass is 10.1. The van der Waals surface area contributed by atoms with Crippen LogP contribution in [0.4, 0.5) is 5.13 Å². The second-order valence-corrected chi connectivity index (χ2v) is 6.92. The van der Waals surface area contributed by atoms with E-state index in [1.54, 1.807) is 12.3 Å². The van der Waals surface area contributed by atoms with Gasteiger partial charge in [0.05, 0.1) is 26.9 Å². The quantitative estimate of drug-likeness (QED) is 0.823. The summed E-state index contributed by atoms with van der Waals surface area (Å²) in [7, 11) is 0. The summed E-state index contributed by atoms with van der Waals surface area (Å²) in [6, 6.07) is 1.68. The number of imide groups is 1. The van der Waals surface area contributed by atoms with Crippen LogP contribution in [0.1, 0.15) is 33.3 Å². The third-order valence-electron chi connectivity index (χ3n) is 3.57. The van der Waals surface area contributed by atoms with Crippen molar-refractivity contribution in [2.75, 3.05) is 5.32 Å². The van der Waals surface area contributed by atoms with Crippen molar-refractivity contribution in [3.63, 3.8) is 0 Å². The number of carbonyl (C=O) groups excluding carboxylic acids is 3. The summed E-state index contributed by atoms with van der Waals surface area (Å²) in [5.41, 5.74) is 1.05. The van der Waals surface area contributed by atoms with Gasteiger partial charge in [-0.05, 0) is 26.0 Å². The van der Waals surface area contributed by atoms with E-state index in [-0.39, 0.29) is 21.2 Å². The van der Waals surface area contributed by atoms with Crippen LogP contribution in [-0.4, -0.2) is 33.6 Å². The molecule has 2 aromatic rings. The number of halogens is 2. The van der Waals surface area contributed by atoms with E-state index < -0.39 is 23.8 Å². The van der Waals surface area contributed by atoms with E-state index >= 15 is 0 Å². The minimum atomic E-state index is -1.00. The summed E-state index contributed by atoms with van der Waals surface area (Å²) in [5.74, 6) is -1.66. The first-order chi connectivity index (χ1) is 11.3. The zero-order valence-electron chi connectivity index (χ0n) is 12.6. The molecule has 0 spiro atoms. The smallest absolute Gasteiger partial charge is 0.262 e. The first kappa shape index (κ1) is 16.9. The van der Waals surface area contributed by atoms with Crippen molar-refractivity contribution in [1.82, 2.24) is 9.88 Å². The zero-order chi connectivity index (χ0) is 17.6. The summed E-state index contributed by atoms with van der Waals surface area (Å²) in [6.07, 6.45) is 0. The van der Waals surface area contributed by atoms with E-state index in [4.69, 9.17) is 23.2 Å².